The Morgan fingerprint density at radius 2 is 1.86 bits per heavy atom. The number of carbonyl (C=O) groups is 2. The second kappa shape index (κ2) is 7.86. The van der Waals surface area contributed by atoms with Gasteiger partial charge < -0.3 is 5.32 Å². The maximum Gasteiger partial charge on any atom is 0.247 e. The number of sulfonamides is 1. The van der Waals surface area contributed by atoms with Gasteiger partial charge in [-0.1, -0.05) is 20.8 Å². The van der Waals surface area contributed by atoms with E-state index in [4.69, 9.17) is 0 Å². The van der Waals surface area contributed by atoms with Crippen molar-refractivity contribution in [3.05, 3.63) is 0 Å². The average molecular weight is 319 g/mol. The molecule has 0 bridgehead atoms. The molecule has 21 heavy (non-hydrogen) atoms. The molecule has 1 aliphatic rings. The molecule has 8 heteroatoms. The second-order valence-corrected chi connectivity index (χ2v) is 7.03. The van der Waals surface area contributed by atoms with Crippen molar-refractivity contribution in [3.8, 4) is 0 Å². The molecule has 0 aromatic heterocycles. The summed E-state index contributed by atoms with van der Waals surface area (Å²) in [6.07, 6.45) is 1.57. The van der Waals surface area contributed by atoms with Gasteiger partial charge in [0.25, 0.3) is 0 Å². The first kappa shape index (κ1) is 18.1. The normalized spacial score (nSPS) is 19.8. The molecular formula is C13H25N3O4S. The summed E-state index contributed by atoms with van der Waals surface area (Å²) in [4.78, 5) is 25.5. The highest BCUT2D eigenvalue weighted by molar-refractivity contribution is 7.89. The second-order valence-electron chi connectivity index (χ2n) is 5.10. The Balaban J connectivity index is 2.55. The zero-order valence-corrected chi connectivity index (χ0v) is 13.7. The molecule has 7 nitrogen and oxygen atoms in total. The summed E-state index contributed by atoms with van der Waals surface area (Å²) in [6, 6.07) is -0.669. The van der Waals surface area contributed by atoms with Crippen LogP contribution in [-0.4, -0.2) is 56.1 Å². The van der Waals surface area contributed by atoms with Crippen LogP contribution >= 0.6 is 0 Å². The molecule has 0 aromatic rings. The number of nitrogens with zero attached hydrogens (tertiary/aromatic N) is 1. The van der Waals surface area contributed by atoms with Crippen molar-refractivity contribution in [1.82, 2.24) is 14.9 Å². The predicted octanol–water partition coefficient (Wildman–Crippen LogP) is -0.169. The van der Waals surface area contributed by atoms with E-state index in [1.165, 1.54) is 4.90 Å². The molecule has 1 heterocycles. The van der Waals surface area contributed by atoms with Gasteiger partial charge in [0.1, 0.15) is 0 Å². The van der Waals surface area contributed by atoms with Gasteiger partial charge in [-0.25, -0.2) is 13.1 Å². The number of likely N-dealkylation sites (tertiary alicyclic amines) is 1. The van der Waals surface area contributed by atoms with Crippen LogP contribution in [0.3, 0.4) is 0 Å². The molecule has 2 N–H and O–H groups in total. The van der Waals surface area contributed by atoms with E-state index in [0.29, 0.717) is 6.54 Å². The lowest BCUT2D eigenvalue weighted by Gasteiger charge is -2.24. The van der Waals surface area contributed by atoms with Crippen LogP contribution in [-0.2, 0) is 19.6 Å². The van der Waals surface area contributed by atoms with Crippen molar-refractivity contribution in [3.63, 3.8) is 0 Å². The number of hydrogen-bond acceptors (Lipinski definition) is 5. The van der Waals surface area contributed by atoms with Crippen molar-refractivity contribution in [2.45, 2.75) is 52.1 Å². The van der Waals surface area contributed by atoms with Crippen molar-refractivity contribution in [1.29, 1.82) is 0 Å². The van der Waals surface area contributed by atoms with E-state index >= 15 is 0 Å². The van der Waals surface area contributed by atoms with Crippen molar-refractivity contribution in [2.75, 3.05) is 18.8 Å². The van der Waals surface area contributed by atoms with Crippen LogP contribution in [0.15, 0.2) is 0 Å². The SMILES string of the molecule is CCNS(=O)(=O)CCNC1CC(=O)N(C(CC)CC)C1=O. The van der Waals surface area contributed by atoms with Crippen LogP contribution in [0, 0.1) is 0 Å². The predicted molar refractivity (Wildman–Crippen MR) is 80.1 cm³/mol. The first-order valence-corrected chi connectivity index (χ1v) is 9.08. The van der Waals surface area contributed by atoms with E-state index in [1.807, 2.05) is 13.8 Å². The molecule has 1 saturated heterocycles. The molecule has 1 unspecified atom stereocenters. The Kier molecular flexibility index (Phi) is 6.76. The topological polar surface area (TPSA) is 95.6 Å². The van der Waals surface area contributed by atoms with Gasteiger partial charge in [0, 0.05) is 19.1 Å². The van der Waals surface area contributed by atoms with Crippen LogP contribution < -0.4 is 10.0 Å². The third-order valence-electron chi connectivity index (χ3n) is 3.62. The monoisotopic (exact) mass is 319 g/mol. The summed E-state index contributed by atoms with van der Waals surface area (Å²) in [6.45, 7) is 6.08. The van der Waals surface area contributed by atoms with Gasteiger partial charge in [0.15, 0.2) is 0 Å². The number of imide groups is 1. The van der Waals surface area contributed by atoms with Gasteiger partial charge in [-0.2, -0.15) is 0 Å². The Bertz CT molecular complexity index is 474. The van der Waals surface area contributed by atoms with Crippen molar-refractivity contribution in [2.24, 2.45) is 0 Å². The molecule has 1 atom stereocenters. The van der Waals surface area contributed by atoms with E-state index in [0.717, 1.165) is 12.8 Å². The van der Waals surface area contributed by atoms with E-state index in [-0.39, 0.29) is 36.6 Å². The molecule has 0 spiro atoms. The maximum absolute atomic E-state index is 12.2. The smallest absolute Gasteiger partial charge is 0.247 e. The van der Waals surface area contributed by atoms with Gasteiger partial charge in [0.05, 0.1) is 18.2 Å². The molecule has 0 radical (unpaired) electrons. The molecular weight excluding hydrogens is 294 g/mol. The van der Waals surface area contributed by atoms with E-state index in [2.05, 4.69) is 10.0 Å². The Hall–Kier alpha value is -0.990. The largest absolute Gasteiger partial charge is 0.304 e. The van der Waals surface area contributed by atoms with Gasteiger partial charge >= 0.3 is 0 Å². The highest BCUT2D eigenvalue weighted by Gasteiger charge is 2.40. The summed E-state index contributed by atoms with van der Waals surface area (Å²) < 4.78 is 25.4. The Labute approximate surface area is 126 Å². The Morgan fingerprint density at radius 1 is 1.24 bits per heavy atom. The molecule has 122 valence electrons. The first-order valence-electron chi connectivity index (χ1n) is 7.42. The number of carbonyl (C=O) groups excluding carboxylic acids is 2. The third kappa shape index (κ3) is 4.76. The van der Waals surface area contributed by atoms with Crippen molar-refractivity contribution >= 4 is 21.8 Å². The number of amides is 2. The summed E-state index contributed by atoms with van der Waals surface area (Å²) in [5.41, 5.74) is 0. The minimum Gasteiger partial charge on any atom is -0.304 e. The lowest BCUT2D eigenvalue weighted by atomic mass is 10.1. The molecule has 1 fully saturated rings. The molecule has 1 aliphatic heterocycles. The quantitative estimate of drug-likeness (QED) is 0.575. The fourth-order valence-electron chi connectivity index (χ4n) is 2.51. The van der Waals surface area contributed by atoms with Crippen LogP contribution in [0.25, 0.3) is 0 Å². The van der Waals surface area contributed by atoms with Crippen LogP contribution in [0.4, 0.5) is 0 Å². The minimum absolute atomic E-state index is 0.0673. The fraction of sp³-hybridized carbons (Fsp3) is 0.846. The van der Waals surface area contributed by atoms with Gasteiger partial charge in [-0.3, -0.25) is 14.5 Å². The zero-order chi connectivity index (χ0) is 16.0. The molecule has 1 rings (SSSR count). The third-order valence-corrected chi connectivity index (χ3v) is 5.09. The zero-order valence-electron chi connectivity index (χ0n) is 12.9. The summed E-state index contributed by atoms with van der Waals surface area (Å²) in [5, 5.41) is 2.88. The standard InChI is InChI=1S/C13H25N3O4S/c1-4-10(5-2)16-12(17)9-11(13(16)18)14-7-8-21(19,20)15-6-3/h10-11,14-15H,4-9H2,1-3H3. The lowest BCUT2D eigenvalue weighted by Crippen LogP contribution is -2.44. The highest BCUT2D eigenvalue weighted by atomic mass is 32.2. The lowest BCUT2D eigenvalue weighted by molar-refractivity contribution is -0.141. The van der Waals surface area contributed by atoms with E-state index < -0.39 is 16.1 Å². The number of rotatable bonds is 9. The van der Waals surface area contributed by atoms with Gasteiger partial charge in [-0.15, -0.1) is 0 Å². The van der Waals surface area contributed by atoms with Gasteiger partial charge in [0.2, 0.25) is 21.8 Å². The maximum atomic E-state index is 12.2. The summed E-state index contributed by atoms with van der Waals surface area (Å²) in [7, 11) is -3.32. The molecule has 2 amide bonds. The van der Waals surface area contributed by atoms with Crippen LogP contribution in [0.1, 0.15) is 40.0 Å². The van der Waals surface area contributed by atoms with Crippen molar-refractivity contribution < 1.29 is 18.0 Å². The molecule has 0 aromatic carbocycles. The summed E-state index contributed by atoms with van der Waals surface area (Å²) in [5.74, 6) is -0.528. The summed E-state index contributed by atoms with van der Waals surface area (Å²) >= 11 is 0. The van der Waals surface area contributed by atoms with E-state index in [1.54, 1.807) is 6.92 Å². The van der Waals surface area contributed by atoms with Crippen LogP contribution in [0.5, 0.6) is 0 Å². The number of nitrogens with one attached hydrogen (secondary N) is 2. The minimum atomic E-state index is -3.32. The molecule has 0 aliphatic carbocycles. The highest BCUT2D eigenvalue weighted by Crippen LogP contribution is 2.19. The van der Waals surface area contributed by atoms with E-state index in [9.17, 15) is 18.0 Å². The van der Waals surface area contributed by atoms with Gasteiger partial charge in [-0.05, 0) is 12.8 Å². The first-order chi connectivity index (χ1) is 9.86. The molecule has 0 saturated carbocycles. The fourth-order valence-corrected chi connectivity index (χ4v) is 3.48. The van der Waals surface area contributed by atoms with Crippen LogP contribution in [0.2, 0.25) is 0 Å². The Morgan fingerprint density at radius 3 is 2.38 bits per heavy atom. The average Bonchev–Trinajstić information content (AvgIpc) is 2.68. The number of hydrogen-bond donors (Lipinski definition) is 2.